The van der Waals surface area contributed by atoms with Gasteiger partial charge in [0.2, 0.25) is 0 Å². The van der Waals surface area contributed by atoms with Gasteiger partial charge in [-0.25, -0.2) is 4.98 Å². The van der Waals surface area contributed by atoms with Gasteiger partial charge in [0.05, 0.1) is 19.0 Å². The minimum absolute atomic E-state index is 0.672. The second-order valence-electron chi connectivity index (χ2n) is 4.62. The Labute approximate surface area is 113 Å². The van der Waals surface area contributed by atoms with E-state index < -0.39 is 0 Å². The van der Waals surface area contributed by atoms with Crippen LogP contribution in [0.2, 0.25) is 0 Å². The zero-order valence-corrected chi connectivity index (χ0v) is 11.7. The number of pyridine rings is 1. The number of nitrogens with zero attached hydrogens (tertiary/aromatic N) is 1. The summed E-state index contributed by atoms with van der Waals surface area (Å²) in [6.07, 6.45) is 1.65. The molecule has 0 aliphatic rings. The molecular weight excluding hydrogens is 238 g/mol. The van der Waals surface area contributed by atoms with Gasteiger partial charge in [-0.2, -0.15) is 0 Å². The molecule has 1 aromatic heterocycles. The molecule has 2 aromatic rings. The predicted molar refractivity (Wildman–Crippen MR) is 79.1 cm³/mol. The molecule has 0 spiro atoms. The molecule has 0 radical (unpaired) electrons. The average molecular weight is 257 g/mol. The van der Waals surface area contributed by atoms with Crippen LogP contribution in [0.15, 0.2) is 24.4 Å². The predicted octanol–water partition coefficient (Wildman–Crippen LogP) is 3.34. The number of nitrogen functional groups attached to an aromatic ring is 1. The zero-order valence-electron chi connectivity index (χ0n) is 11.7. The van der Waals surface area contributed by atoms with Gasteiger partial charge >= 0.3 is 0 Å². The Hall–Kier alpha value is -2.23. The maximum Gasteiger partial charge on any atom is 0.133 e. The Balaban J connectivity index is 2.36. The summed E-state index contributed by atoms with van der Waals surface area (Å²) in [7, 11) is 1.68. The van der Waals surface area contributed by atoms with E-state index in [0.717, 1.165) is 33.9 Å². The maximum atomic E-state index is 5.71. The molecule has 1 heterocycles. The zero-order chi connectivity index (χ0) is 14.0. The quantitative estimate of drug-likeness (QED) is 0.885. The molecule has 100 valence electrons. The standard InChI is InChI=1S/C15H19N3O/c1-9-7-12(16)8-17-15(9)18-13-5-6-14(19-4)11(3)10(13)2/h5-8H,16H2,1-4H3,(H,17,18). The lowest BCUT2D eigenvalue weighted by Gasteiger charge is -2.15. The Morgan fingerprint density at radius 2 is 1.89 bits per heavy atom. The molecule has 4 heteroatoms. The lowest BCUT2D eigenvalue weighted by molar-refractivity contribution is 0.411. The molecule has 0 saturated carbocycles. The summed E-state index contributed by atoms with van der Waals surface area (Å²) in [5.41, 5.74) is 10.7. The van der Waals surface area contributed by atoms with Crippen molar-refractivity contribution in [2.75, 3.05) is 18.2 Å². The number of nitrogens with two attached hydrogens (primary N) is 1. The summed E-state index contributed by atoms with van der Waals surface area (Å²) < 4.78 is 5.31. The summed E-state index contributed by atoms with van der Waals surface area (Å²) in [5, 5.41) is 3.34. The van der Waals surface area contributed by atoms with Crippen LogP contribution >= 0.6 is 0 Å². The fourth-order valence-corrected chi connectivity index (χ4v) is 2.01. The first-order valence-corrected chi connectivity index (χ1v) is 6.16. The van der Waals surface area contributed by atoms with E-state index in [1.807, 2.05) is 32.0 Å². The van der Waals surface area contributed by atoms with Gasteiger partial charge in [0.25, 0.3) is 0 Å². The van der Waals surface area contributed by atoms with Crippen molar-refractivity contribution < 1.29 is 4.74 Å². The molecule has 0 aliphatic carbocycles. The van der Waals surface area contributed by atoms with Crippen molar-refractivity contribution in [1.82, 2.24) is 4.98 Å². The van der Waals surface area contributed by atoms with Crippen LogP contribution in [0, 0.1) is 20.8 Å². The number of aryl methyl sites for hydroxylation is 1. The van der Waals surface area contributed by atoms with Crippen LogP contribution in [0.1, 0.15) is 16.7 Å². The highest BCUT2D eigenvalue weighted by atomic mass is 16.5. The van der Waals surface area contributed by atoms with Crippen molar-refractivity contribution in [2.24, 2.45) is 0 Å². The van der Waals surface area contributed by atoms with E-state index in [9.17, 15) is 0 Å². The van der Waals surface area contributed by atoms with Crippen LogP contribution in [-0.4, -0.2) is 12.1 Å². The third-order valence-corrected chi connectivity index (χ3v) is 3.31. The largest absolute Gasteiger partial charge is 0.496 e. The van der Waals surface area contributed by atoms with E-state index in [-0.39, 0.29) is 0 Å². The van der Waals surface area contributed by atoms with Gasteiger partial charge in [-0.3, -0.25) is 0 Å². The molecule has 0 bridgehead atoms. The van der Waals surface area contributed by atoms with Crippen molar-refractivity contribution in [3.8, 4) is 5.75 Å². The Kier molecular flexibility index (Phi) is 3.60. The van der Waals surface area contributed by atoms with E-state index in [4.69, 9.17) is 10.5 Å². The van der Waals surface area contributed by atoms with Gasteiger partial charge in [0.15, 0.2) is 0 Å². The minimum atomic E-state index is 0.672. The van der Waals surface area contributed by atoms with E-state index in [1.54, 1.807) is 13.3 Å². The van der Waals surface area contributed by atoms with E-state index in [1.165, 1.54) is 0 Å². The Bertz CT molecular complexity index is 609. The number of anilines is 3. The van der Waals surface area contributed by atoms with Crippen molar-refractivity contribution in [3.05, 3.63) is 41.1 Å². The van der Waals surface area contributed by atoms with E-state index in [0.29, 0.717) is 5.69 Å². The summed E-state index contributed by atoms with van der Waals surface area (Å²) in [5.74, 6) is 1.71. The lowest BCUT2D eigenvalue weighted by Crippen LogP contribution is -2.01. The fraction of sp³-hybridized carbons (Fsp3) is 0.267. The molecule has 3 N–H and O–H groups in total. The van der Waals surface area contributed by atoms with E-state index >= 15 is 0 Å². The molecule has 0 saturated heterocycles. The molecular formula is C15H19N3O. The molecule has 0 fully saturated rings. The monoisotopic (exact) mass is 257 g/mol. The van der Waals surface area contributed by atoms with Gasteiger partial charge in [-0.15, -0.1) is 0 Å². The van der Waals surface area contributed by atoms with Crippen molar-refractivity contribution in [2.45, 2.75) is 20.8 Å². The normalized spacial score (nSPS) is 10.3. The smallest absolute Gasteiger partial charge is 0.133 e. The maximum absolute atomic E-state index is 5.71. The molecule has 0 unspecified atom stereocenters. The number of nitrogens with one attached hydrogen (secondary N) is 1. The summed E-state index contributed by atoms with van der Waals surface area (Å²) in [4.78, 5) is 4.32. The number of aromatic nitrogens is 1. The average Bonchev–Trinajstić information content (AvgIpc) is 2.38. The van der Waals surface area contributed by atoms with Crippen LogP contribution in [0.4, 0.5) is 17.2 Å². The Morgan fingerprint density at radius 1 is 1.16 bits per heavy atom. The van der Waals surface area contributed by atoms with Crippen molar-refractivity contribution in [3.63, 3.8) is 0 Å². The van der Waals surface area contributed by atoms with Crippen molar-refractivity contribution >= 4 is 17.2 Å². The van der Waals surface area contributed by atoms with Gasteiger partial charge in [-0.1, -0.05) is 0 Å². The van der Waals surface area contributed by atoms with Crippen LogP contribution in [-0.2, 0) is 0 Å². The topological polar surface area (TPSA) is 60.2 Å². The number of rotatable bonds is 3. The fourth-order valence-electron chi connectivity index (χ4n) is 2.01. The molecule has 0 aliphatic heterocycles. The molecule has 0 atom stereocenters. The number of hydrogen-bond acceptors (Lipinski definition) is 4. The Morgan fingerprint density at radius 3 is 2.53 bits per heavy atom. The number of ether oxygens (including phenoxy) is 1. The van der Waals surface area contributed by atoms with Crippen LogP contribution in [0.3, 0.4) is 0 Å². The number of hydrogen-bond donors (Lipinski definition) is 2. The third-order valence-electron chi connectivity index (χ3n) is 3.31. The molecule has 1 aromatic carbocycles. The van der Waals surface area contributed by atoms with E-state index in [2.05, 4.69) is 17.2 Å². The van der Waals surface area contributed by atoms with Gasteiger partial charge in [0.1, 0.15) is 11.6 Å². The van der Waals surface area contributed by atoms with Gasteiger partial charge in [-0.05, 0) is 55.7 Å². The van der Waals surface area contributed by atoms with Crippen LogP contribution in [0.5, 0.6) is 5.75 Å². The summed E-state index contributed by atoms with van der Waals surface area (Å²) in [6, 6.07) is 5.86. The highest BCUT2D eigenvalue weighted by Gasteiger charge is 2.08. The lowest BCUT2D eigenvalue weighted by atomic mass is 10.1. The third kappa shape index (κ3) is 2.62. The first-order chi connectivity index (χ1) is 9.02. The summed E-state index contributed by atoms with van der Waals surface area (Å²) >= 11 is 0. The second-order valence-corrected chi connectivity index (χ2v) is 4.62. The highest BCUT2D eigenvalue weighted by Crippen LogP contribution is 2.29. The van der Waals surface area contributed by atoms with Crippen LogP contribution in [0.25, 0.3) is 0 Å². The first-order valence-electron chi connectivity index (χ1n) is 6.16. The van der Waals surface area contributed by atoms with Crippen molar-refractivity contribution in [1.29, 1.82) is 0 Å². The second kappa shape index (κ2) is 5.18. The minimum Gasteiger partial charge on any atom is -0.496 e. The highest BCUT2D eigenvalue weighted by molar-refractivity contribution is 5.67. The number of benzene rings is 1. The molecule has 19 heavy (non-hydrogen) atoms. The molecule has 4 nitrogen and oxygen atoms in total. The van der Waals surface area contributed by atoms with Gasteiger partial charge in [0, 0.05) is 5.69 Å². The molecule has 0 amide bonds. The number of methoxy groups -OCH3 is 1. The van der Waals surface area contributed by atoms with Gasteiger partial charge < -0.3 is 15.8 Å². The first kappa shape index (κ1) is 13.2. The SMILES string of the molecule is COc1ccc(Nc2ncc(N)cc2C)c(C)c1C. The molecule has 2 rings (SSSR count). The van der Waals surface area contributed by atoms with Crippen LogP contribution < -0.4 is 15.8 Å². The summed E-state index contributed by atoms with van der Waals surface area (Å²) in [6.45, 7) is 6.09.